The quantitative estimate of drug-likeness (QED) is 0.664. The van der Waals surface area contributed by atoms with Crippen molar-refractivity contribution in [2.45, 2.75) is 4.90 Å². The van der Waals surface area contributed by atoms with Gasteiger partial charge in [0.1, 0.15) is 0 Å². The summed E-state index contributed by atoms with van der Waals surface area (Å²) in [5.74, 6) is -0.174. The molecule has 0 saturated heterocycles. The molecule has 0 fully saturated rings. The van der Waals surface area contributed by atoms with Gasteiger partial charge in [-0.1, -0.05) is 22.0 Å². The summed E-state index contributed by atoms with van der Waals surface area (Å²) < 4.78 is 2.68. The highest BCUT2D eigenvalue weighted by molar-refractivity contribution is 9.10. The van der Waals surface area contributed by atoms with Crippen LogP contribution >= 0.6 is 27.7 Å². The number of halogens is 1. The molecule has 1 heterocycles. The van der Waals surface area contributed by atoms with Crippen LogP contribution in [0.4, 0.5) is 5.69 Å². The number of anilines is 1. The van der Waals surface area contributed by atoms with Crippen molar-refractivity contribution in [2.24, 2.45) is 0 Å². The predicted octanol–water partition coefficient (Wildman–Crippen LogP) is 4.61. The van der Waals surface area contributed by atoms with E-state index < -0.39 is 0 Å². The number of carbonyl (C=O) groups is 1. The van der Waals surface area contributed by atoms with Crippen LogP contribution in [0.2, 0.25) is 0 Å². The zero-order chi connectivity index (χ0) is 16.2. The van der Waals surface area contributed by atoms with Crippen LogP contribution in [0.25, 0.3) is 5.69 Å². The van der Waals surface area contributed by atoms with Crippen molar-refractivity contribution in [3.63, 3.8) is 0 Å². The Morgan fingerprint density at radius 3 is 2.74 bits per heavy atom. The second-order valence-electron chi connectivity index (χ2n) is 4.84. The van der Waals surface area contributed by atoms with Crippen LogP contribution in [0.5, 0.6) is 0 Å². The molecule has 3 aromatic rings. The van der Waals surface area contributed by atoms with E-state index in [0.29, 0.717) is 5.56 Å². The Kier molecular flexibility index (Phi) is 4.83. The molecule has 1 N–H and O–H groups in total. The van der Waals surface area contributed by atoms with E-state index in [1.54, 1.807) is 28.8 Å². The lowest BCUT2D eigenvalue weighted by Gasteiger charge is -2.05. The highest BCUT2D eigenvalue weighted by Gasteiger charge is 2.10. The Balaban J connectivity index is 1.76. The van der Waals surface area contributed by atoms with Gasteiger partial charge in [-0.15, -0.1) is 11.8 Å². The first-order valence-corrected chi connectivity index (χ1v) is 8.93. The zero-order valence-corrected chi connectivity index (χ0v) is 14.8. The van der Waals surface area contributed by atoms with Crippen LogP contribution in [0.3, 0.4) is 0 Å². The lowest BCUT2D eigenvalue weighted by atomic mass is 10.3. The summed E-state index contributed by atoms with van der Waals surface area (Å²) in [5.41, 5.74) is 2.19. The molecule has 116 valence electrons. The third-order valence-electron chi connectivity index (χ3n) is 3.26. The van der Waals surface area contributed by atoms with Crippen LogP contribution in [-0.2, 0) is 0 Å². The molecule has 6 heteroatoms. The summed E-state index contributed by atoms with van der Waals surface area (Å²) in [4.78, 5) is 13.4. The van der Waals surface area contributed by atoms with E-state index in [4.69, 9.17) is 0 Å². The Morgan fingerprint density at radius 1 is 1.22 bits per heavy atom. The van der Waals surface area contributed by atoms with Crippen molar-refractivity contribution >= 4 is 39.3 Å². The zero-order valence-electron chi connectivity index (χ0n) is 12.4. The van der Waals surface area contributed by atoms with Crippen molar-refractivity contribution in [3.05, 3.63) is 71.0 Å². The van der Waals surface area contributed by atoms with Crippen molar-refractivity contribution in [3.8, 4) is 5.69 Å². The van der Waals surface area contributed by atoms with Gasteiger partial charge >= 0.3 is 0 Å². The molecule has 0 bridgehead atoms. The van der Waals surface area contributed by atoms with Crippen LogP contribution in [-0.4, -0.2) is 21.9 Å². The van der Waals surface area contributed by atoms with Crippen LogP contribution in [0.1, 0.15) is 10.4 Å². The number of carbonyl (C=O) groups excluding carboxylic acids is 1. The van der Waals surface area contributed by atoms with Crippen molar-refractivity contribution in [1.82, 2.24) is 9.78 Å². The smallest absolute Gasteiger partial charge is 0.258 e. The van der Waals surface area contributed by atoms with Gasteiger partial charge in [0.2, 0.25) is 0 Å². The summed E-state index contributed by atoms with van der Waals surface area (Å²) >= 11 is 5.04. The molecule has 1 aromatic heterocycles. The summed E-state index contributed by atoms with van der Waals surface area (Å²) in [6.07, 6.45) is 5.29. The molecular weight excluding hydrogens is 374 g/mol. The molecule has 0 aliphatic rings. The molecule has 2 aromatic carbocycles. The van der Waals surface area contributed by atoms with E-state index in [-0.39, 0.29) is 5.91 Å². The summed E-state index contributed by atoms with van der Waals surface area (Å²) in [6, 6.07) is 15.5. The van der Waals surface area contributed by atoms with Gasteiger partial charge in [-0.05, 0) is 48.7 Å². The van der Waals surface area contributed by atoms with Crippen LogP contribution in [0, 0.1) is 0 Å². The molecule has 0 atom stereocenters. The fraction of sp³-hybridized carbons (Fsp3) is 0.0588. The predicted molar refractivity (Wildman–Crippen MR) is 97.4 cm³/mol. The number of nitrogens with one attached hydrogen (secondary N) is 1. The summed E-state index contributed by atoms with van der Waals surface area (Å²) in [5, 5.41) is 7.14. The standard InChI is InChI=1S/C17H14BrN3OS/c1-23-16-4-2-3-14(9-16)20-17(22)12-10-19-21(11-12)15-7-5-13(18)6-8-15/h2-11H,1H3,(H,20,22). The van der Waals surface area contributed by atoms with E-state index >= 15 is 0 Å². The van der Waals surface area contributed by atoms with Gasteiger partial charge in [0, 0.05) is 21.3 Å². The Hall–Kier alpha value is -2.05. The van der Waals surface area contributed by atoms with Gasteiger partial charge in [0.05, 0.1) is 17.4 Å². The molecule has 0 saturated carbocycles. The SMILES string of the molecule is CSc1cccc(NC(=O)c2cnn(-c3ccc(Br)cc3)c2)c1. The van der Waals surface area contributed by atoms with E-state index in [0.717, 1.165) is 20.7 Å². The van der Waals surface area contributed by atoms with Gasteiger partial charge in [-0.25, -0.2) is 4.68 Å². The number of hydrogen-bond donors (Lipinski definition) is 1. The molecule has 0 aliphatic carbocycles. The first-order chi connectivity index (χ1) is 11.2. The van der Waals surface area contributed by atoms with Gasteiger partial charge in [0.25, 0.3) is 5.91 Å². The topological polar surface area (TPSA) is 46.9 Å². The number of nitrogens with zero attached hydrogens (tertiary/aromatic N) is 2. The van der Waals surface area contributed by atoms with E-state index in [1.807, 2.05) is 54.8 Å². The first-order valence-electron chi connectivity index (χ1n) is 6.92. The number of aromatic nitrogens is 2. The lowest BCUT2D eigenvalue weighted by Crippen LogP contribution is -2.11. The second-order valence-corrected chi connectivity index (χ2v) is 6.63. The number of amides is 1. The third-order valence-corrected chi connectivity index (χ3v) is 4.52. The van der Waals surface area contributed by atoms with Crippen LogP contribution in [0.15, 0.2) is 70.3 Å². The monoisotopic (exact) mass is 387 g/mol. The largest absolute Gasteiger partial charge is 0.322 e. The molecule has 0 radical (unpaired) electrons. The minimum absolute atomic E-state index is 0.174. The minimum atomic E-state index is -0.174. The Bertz CT molecular complexity index is 830. The number of hydrogen-bond acceptors (Lipinski definition) is 3. The Labute approximate surface area is 147 Å². The Morgan fingerprint density at radius 2 is 2.00 bits per heavy atom. The molecule has 23 heavy (non-hydrogen) atoms. The summed E-state index contributed by atoms with van der Waals surface area (Å²) in [6.45, 7) is 0. The van der Waals surface area contributed by atoms with Crippen molar-refractivity contribution < 1.29 is 4.79 Å². The first kappa shape index (κ1) is 15.8. The normalized spacial score (nSPS) is 10.5. The van der Waals surface area contributed by atoms with E-state index in [1.165, 1.54) is 0 Å². The van der Waals surface area contributed by atoms with Crippen LogP contribution < -0.4 is 5.32 Å². The molecule has 1 amide bonds. The number of benzene rings is 2. The van der Waals surface area contributed by atoms with Gasteiger partial charge in [-0.2, -0.15) is 5.10 Å². The van der Waals surface area contributed by atoms with Gasteiger partial charge in [-0.3, -0.25) is 4.79 Å². The molecule has 3 rings (SSSR count). The maximum absolute atomic E-state index is 12.3. The fourth-order valence-corrected chi connectivity index (χ4v) is 2.80. The average molecular weight is 388 g/mol. The van der Waals surface area contributed by atoms with Gasteiger partial charge < -0.3 is 5.32 Å². The molecular formula is C17H14BrN3OS. The fourth-order valence-electron chi connectivity index (χ4n) is 2.08. The third kappa shape index (κ3) is 3.83. The highest BCUT2D eigenvalue weighted by atomic mass is 79.9. The number of rotatable bonds is 4. The maximum Gasteiger partial charge on any atom is 0.258 e. The molecule has 0 aliphatic heterocycles. The van der Waals surface area contributed by atoms with Gasteiger partial charge in [0.15, 0.2) is 0 Å². The molecule has 0 spiro atoms. The van der Waals surface area contributed by atoms with E-state index in [2.05, 4.69) is 26.3 Å². The maximum atomic E-state index is 12.3. The average Bonchev–Trinajstić information content (AvgIpc) is 3.06. The highest BCUT2D eigenvalue weighted by Crippen LogP contribution is 2.20. The van der Waals surface area contributed by atoms with Crippen molar-refractivity contribution in [1.29, 1.82) is 0 Å². The minimum Gasteiger partial charge on any atom is -0.322 e. The van der Waals surface area contributed by atoms with E-state index in [9.17, 15) is 4.79 Å². The summed E-state index contributed by atoms with van der Waals surface area (Å²) in [7, 11) is 0. The lowest BCUT2D eigenvalue weighted by molar-refractivity contribution is 0.102. The van der Waals surface area contributed by atoms with Crippen molar-refractivity contribution in [2.75, 3.05) is 11.6 Å². The molecule has 0 unspecified atom stereocenters. The molecule has 4 nitrogen and oxygen atoms in total. The number of thioether (sulfide) groups is 1. The second kappa shape index (κ2) is 7.02.